The molecule has 1 atom stereocenters. The lowest BCUT2D eigenvalue weighted by Crippen LogP contribution is -2.35. The van der Waals surface area contributed by atoms with Crippen molar-refractivity contribution in [2.24, 2.45) is 0 Å². The predicted molar refractivity (Wildman–Crippen MR) is 95.0 cm³/mol. The van der Waals surface area contributed by atoms with Gasteiger partial charge in [-0.2, -0.15) is 5.10 Å². The van der Waals surface area contributed by atoms with Crippen LogP contribution < -0.4 is 10.6 Å². The second-order valence-electron chi connectivity index (χ2n) is 5.99. The van der Waals surface area contributed by atoms with Gasteiger partial charge in [-0.05, 0) is 24.3 Å². The number of fused-ring (bicyclic) bond motifs is 1. The summed E-state index contributed by atoms with van der Waals surface area (Å²) in [5, 5.41) is 9.94. The SMILES string of the molecule is O=C1CC(C(=O)Nc2ccc(F)cc2)n2nc(-c3ccccc3)cc2N1. The van der Waals surface area contributed by atoms with Gasteiger partial charge in [-0.3, -0.25) is 9.59 Å². The van der Waals surface area contributed by atoms with Crippen molar-refractivity contribution in [3.05, 3.63) is 66.5 Å². The molecule has 3 aromatic rings. The Kier molecular flexibility index (Phi) is 3.96. The van der Waals surface area contributed by atoms with Gasteiger partial charge in [0.1, 0.15) is 17.7 Å². The first-order chi connectivity index (χ1) is 12.6. The third-order valence-corrected chi connectivity index (χ3v) is 4.16. The van der Waals surface area contributed by atoms with Gasteiger partial charge in [0.2, 0.25) is 11.8 Å². The maximum atomic E-state index is 13.0. The number of hydrogen-bond donors (Lipinski definition) is 2. The van der Waals surface area contributed by atoms with E-state index in [-0.39, 0.29) is 24.1 Å². The lowest BCUT2D eigenvalue weighted by molar-refractivity contribution is -0.125. The minimum Gasteiger partial charge on any atom is -0.324 e. The van der Waals surface area contributed by atoms with Crippen molar-refractivity contribution >= 4 is 23.3 Å². The number of hydrogen-bond acceptors (Lipinski definition) is 3. The highest BCUT2D eigenvalue weighted by Gasteiger charge is 2.32. The second-order valence-corrected chi connectivity index (χ2v) is 5.99. The Labute approximate surface area is 148 Å². The van der Waals surface area contributed by atoms with E-state index in [1.807, 2.05) is 30.3 Å². The van der Waals surface area contributed by atoms with Crippen molar-refractivity contribution in [1.29, 1.82) is 0 Å². The Balaban J connectivity index is 1.64. The summed E-state index contributed by atoms with van der Waals surface area (Å²) in [6, 6.07) is 15.9. The van der Waals surface area contributed by atoms with Crippen molar-refractivity contribution < 1.29 is 14.0 Å². The van der Waals surface area contributed by atoms with Gasteiger partial charge in [0.25, 0.3) is 0 Å². The van der Waals surface area contributed by atoms with Crippen LogP contribution in [0.1, 0.15) is 12.5 Å². The van der Waals surface area contributed by atoms with Crippen molar-refractivity contribution in [1.82, 2.24) is 9.78 Å². The van der Waals surface area contributed by atoms with Crippen LogP contribution in [0.15, 0.2) is 60.7 Å². The number of aromatic nitrogens is 2. The van der Waals surface area contributed by atoms with Gasteiger partial charge in [0.05, 0.1) is 12.1 Å². The molecule has 0 radical (unpaired) electrons. The fourth-order valence-corrected chi connectivity index (χ4v) is 2.89. The van der Waals surface area contributed by atoms with Crippen LogP contribution in [0.25, 0.3) is 11.3 Å². The van der Waals surface area contributed by atoms with E-state index in [4.69, 9.17) is 0 Å². The molecular weight excluding hydrogens is 335 g/mol. The summed E-state index contributed by atoms with van der Waals surface area (Å²) in [5.41, 5.74) is 2.02. The molecule has 4 rings (SSSR count). The maximum absolute atomic E-state index is 13.0. The molecule has 1 unspecified atom stereocenters. The van der Waals surface area contributed by atoms with Gasteiger partial charge in [-0.25, -0.2) is 9.07 Å². The monoisotopic (exact) mass is 350 g/mol. The number of nitrogens with one attached hydrogen (secondary N) is 2. The quantitative estimate of drug-likeness (QED) is 0.762. The topological polar surface area (TPSA) is 76.0 Å². The van der Waals surface area contributed by atoms with Crippen molar-refractivity contribution in [2.45, 2.75) is 12.5 Å². The number of carbonyl (C=O) groups excluding carboxylic acids is 2. The zero-order valence-corrected chi connectivity index (χ0v) is 13.6. The molecule has 2 N–H and O–H groups in total. The van der Waals surface area contributed by atoms with Crippen LogP contribution >= 0.6 is 0 Å². The van der Waals surface area contributed by atoms with Crippen LogP contribution in [0, 0.1) is 5.82 Å². The number of amides is 2. The Bertz CT molecular complexity index is 967. The van der Waals surface area contributed by atoms with E-state index in [2.05, 4.69) is 15.7 Å². The molecule has 0 aliphatic carbocycles. The van der Waals surface area contributed by atoms with Crippen LogP contribution in [-0.4, -0.2) is 21.6 Å². The average Bonchev–Trinajstić information content (AvgIpc) is 3.07. The molecular formula is C19H15FN4O2. The van der Waals surface area contributed by atoms with Crippen LogP contribution in [0.2, 0.25) is 0 Å². The molecule has 1 aliphatic rings. The molecule has 0 bridgehead atoms. The van der Waals surface area contributed by atoms with Crippen LogP contribution in [-0.2, 0) is 9.59 Å². The van der Waals surface area contributed by atoms with Crippen molar-refractivity contribution in [2.75, 3.05) is 10.6 Å². The van der Waals surface area contributed by atoms with E-state index in [0.29, 0.717) is 17.2 Å². The largest absolute Gasteiger partial charge is 0.324 e. The molecule has 2 amide bonds. The number of anilines is 2. The second kappa shape index (κ2) is 6.44. The summed E-state index contributed by atoms with van der Waals surface area (Å²) < 4.78 is 14.5. The van der Waals surface area contributed by atoms with E-state index in [1.54, 1.807) is 6.07 Å². The number of carbonyl (C=O) groups is 2. The Hall–Kier alpha value is -3.48. The summed E-state index contributed by atoms with van der Waals surface area (Å²) in [6.07, 6.45) is -0.0179. The lowest BCUT2D eigenvalue weighted by Gasteiger charge is -2.23. The van der Waals surface area contributed by atoms with Crippen molar-refractivity contribution in [3.8, 4) is 11.3 Å². The third-order valence-electron chi connectivity index (χ3n) is 4.16. The maximum Gasteiger partial charge on any atom is 0.249 e. The normalized spacial score (nSPS) is 15.9. The van der Waals surface area contributed by atoms with Crippen LogP contribution in [0.4, 0.5) is 15.9 Å². The molecule has 2 aromatic carbocycles. The Morgan fingerprint density at radius 2 is 1.88 bits per heavy atom. The molecule has 130 valence electrons. The molecule has 1 aliphatic heterocycles. The summed E-state index contributed by atoms with van der Waals surface area (Å²) in [5.74, 6) is -0.548. The van der Waals surface area contributed by atoms with E-state index >= 15 is 0 Å². The van der Waals surface area contributed by atoms with Gasteiger partial charge >= 0.3 is 0 Å². The van der Waals surface area contributed by atoms with Crippen LogP contribution in [0.3, 0.4) is 0 Å². The molecule has 0 fully saturated rings. The highest BCUT2D eigenvalue weighted by molar-refractivity contribution is 6.01. The molecule has 7 heteroatoms. The minimum atomic E-state index is -0.777. The zero-order valence-electron chi connectivity index (χ0n) is 13.6. The summed E-state index contributed by atoms with van der Waals surface area (Å²) in [6.45, 7) is 0. The van der Waals surface area contributed by atoms with Gasteiger partial charge in [0, 0.05) is 17.3 Å². The molecule has 0 saturated carbocycles. The van der Waals surface area contributed by atoms with Crippen LogP contribution in [0.5, 0.6) is 0 Å². The van der Waals surface area contributed by atoms with Gasteiger partial charge in [0.15, 0.2) is 0 Å². The number of nitrogens with zero attached hydrogens (tertiary/aromatic N) is 2. The lowest BCUT2D eigenvalue weighted by atomic mass is 10.1. The summed E-state index contributed by atoms with van der Waals surface area (Å²) in [7, 11) is 0. The van der Waals surface area contributed by atoms with E-state index < -0.39 is 6.04 Å². The zero-order chi connectivity index (χ0) is 18.1. The number of benzene rings is 2. The standard InChI is InChI=1S/C19H15FN4O2/c20-13-6-8-14(9-7-13)21-19(26)16-11-18(25)22-17-10-15(23-24(16)17)12-4-2-1-3-5-12/h1-10,16H,11H2,(H,21,26)(H,22,25). The van der Waals surface area contributed by atoms with Gasteiger partial charge < -0.3 is 10.6 Å². The summed E-state index contributed by atoms with van der Waals surface area (Å²) >= 11 is 0. The Morgan fingerprint density at radius 1 is 1.15 bits per heavy atom. The molecule has 2 heterocycles. The fourth-order valence-electron chi connectivity index (χ4n) is 2.89. The molecule has 0 spiro atoms. The van der Waals surface area contributed by atoms with Gasteiger partial charge in [-0.1, -0.05) is 30.3 Å². The predicted octanol–water partition coefficient (Wildman–Crippen LogP) is 3.21. The first-order valence-electron chi connectivity index (χ1n) is 8.11. The van der Waals surface area contributed by atoms with Gasteiger partial charge in [-0.15, -0.1) is 0 Å². The minimum absolute atomic E-state index is 0.0179. The first kappa shape index (κ1) is 16.0. The molecule has 6 nitrogen and oxygen atoms in total. The van der Waals surface area contributed by atoms with E-state index in [9.17, 15) is 14.0 Å². The highest BCUT2D eigenvalue weighted by Crippen LogP contribution is 2.30. The summed E-state index contributed by atoms with van der Waals surface area (Å²) in [4.78, 5) is 24.7. The number of halogens is 1. The average molecular weight is 350 g/mol. The molecule has 0 saturated heterocycles. The highest BCUT2D eigenvalue weighted by atomic mass is 19.1. The smallest absolute Gasteiger partial charge is 0.249 e. The molecule has 1 aromatic heterocycles. The third kappa shape index (κ3) is 3.06. The van der Waals surface area contributed by atoms with E-state index in [1.165, 1.54) is 28.9 Å². The van der Waals surface area contributed by atoms with Crippen molar-refractivity contribution in [3.63, 3.8) is 0 Å². The molecule has 26 heavy (non-hydrogen) atoms. The Morgan fingerprint density at radius 3 is 2.62 bits per heavy atom. The fraction of sp³-hybridized carbons (Fsp3) is 0.105. The first-order valence-corrected chi connectivity index (χ1v) is 8.11. The van der Waals surface area contributed by atoms with E-state index in [0.717, 1.165) is 5.56 Å². The number of rotatable bonds is 3.